The Morgan fingerprint density at radius 3 is 2.32 bits per heavy atom. The maximum Gasteiger partial charge on any atom is 0.410 e. The number of rotatable bonds is 1. The largest absolute Gasteiger partial charge is 0.444 e. The van der Waals surface area contributed by atoms with Gasteiger partial charge in [-0.05, 0) is 33.6 Å². The van der Waals surface area contributed by atoms with Crippen LogP contribution in [0.15, 0.2) is 0 Å². The summed E-state index contributed by atoms with van der Waals surface area (Å²) < 4.78 is 10.5. The molecule has 0 aliphatic carbocycles. The molecule has 0 aromatic rings. The molecule has 0 bridgehead atoms. The average molecular weight is 272 g/mol. The highest BCUT2D eigenvalue weighted by molar-refractivity contribution is 5.70. The molecule has 2 aliphatic rings. The van der Waals surface area contributed by atoms with Crippen molar-refractivity contribution in [1.29, 1.82) is 0 Å². The third kappa shape index (κ3) is 2.85. The van der Waals surface area contributed by atoms with E-state index in [9.17, 15) is 9.90 Å². The fraction of sp³-hybridized carbons (Fsp3) is 0.923. The van der Waals surface area contributed by atoms with Gasteiger partial charge >= 0.3 is 6.09 Å². The summed E-state index contributed by atoms with van der Waals surface area (Å²) in [5, 5.41) is 10.6. The Morgan fingerprint density at radius 1 is 1.32 bits per heavy atom. The number of β-amino-alcohol motifs (C(OH)–C–C–N with tert-alkyl or cyclic N) is 1. The quantitative estimate of drug-likeness (QED) is 0.725. The number of hydrogen-bond acceptors (Lipinski definition) is 5. The second kappa shape index (κ2) is 4.61. The van der Waals surface area contributed by atoms with Crippen LogP contribution in [0.1, 0.15) is 33.6 Å². The lowest BCUT2D eigenvalue weighted by atomic mass is 9.70. The summed E-state index contributed by atoms with van der Waals surface area (Å²) in [4.78, 5) is 13.3. The molecule has 0 radical (unpaired) electrons. The van der Waals surface area contributed by atoms with E-state index in [2.05, 4.69) is 0 Å². The number of hydrogen-bond donors (Lipinski definition) is 2. The van der Waals surface area contributed by atoms with Crippen LogP contribution in [0, 0.1) is 0 Å². The fourth-order valence-corrected chi connectivity index (χ4v) is 2.56. The number of nitrogens with zero attached hydrogens (tertiary/aromatic N) is 1. The number of nitrogens with two attached hydrogens (primary N) is 1. The summed E-state index contributed by atoms with van der Waals surface area (Å²) in [7, 11) is 0. The molecule has 2 rings (SSSR count). The maximum absolute atomic E-state index is 11.8. The highest BCUT2D eigenvalue weighted by atomic mass is 16.6. The lowest BCUT2D eigenvalue weighted by Gasteiger charge is -2.56. The van der Waals surface area contributed by atoms with E-state index >= 15 is 0 Å². The predicted molar refractivity (Wildman–Crippen MR) is 69.7 cm³/mol. The Morgan fingerprint density at radius 2 is 1.84 bits per heavy atom. The van der Waals surface area contributed by atoms with Crippen molar-refractivity contribution < 1.29 is 19.4 Å². The molecule has 0 aromatic carbocycles. The van der Waals surface area contributed by atoms with Gasteiger partial charge in [-0.25, -0.2) is 4.79 Å². The number of likely N-dealkylation sites (tertiary alicyclic amines) is 1. The Balaban J connectivity index is 1.92. The number of amides is 1. The second-order valence-corrected chi connectivity index (χ2v) is 6.64. The molecule has 0 saturated carbocycles. The molecule has 0 unspecified atom stereocenters. The molecule has 2 saturated heterocycles. The molecule has 1 amide bonds. The van der Waals surface area contributed by atoms with Gasteiger partial charge in [-0.1, -0.05) is 0 Å². The Hall–Kier alpha value is -0.850. The summed E-state index contributed by atoms with van der Waals surface area (Å²) in [5.41, 5.74) is 4.07. The lowest BCUT2D eigenvalue weighted by molar-refractivity contribution is -0.161. The standard InChI is InChI=1S/C13H24N2O4/c1-11(2,3)19-10(16)15-8-13(17,9-15)12(14)4-6-18-7-5-12/h17H,4-9,14H2,1-3H3. The zero-order valence-corrected chi connectivity index (χ0v) is 11.9. The number of carbonyl (C=O) groups excluding carboxylic acids is 1. The van der Waals surface area contributed by atoms with Crippen LogP contribution in [0.2, 0.25) is 0 Å². The summed E-state index contributed by atoms with van der Waals surface area (Å²) in [6.45, 7) is 7.05. The normalized spacial score (nSPS) is 25.6. The lowest BCUT2D eigenvalue weighted by Crippen LogP contribution is -2.77. The van der Waals surface area contributed by atoms with Crippen LogP contribution in [0.25, 0.3) is 0 Å². The van der Waals surface area contributed by atoms with E-state index in [1.165, 1.54) is 4.90 Å². The minimum atomic E-state index is -1.02. The molecule has 2 aliphatic heterocycles. The van der Waals surface area contributed by atoms with Crippen molar-refractivity contribution in [2.75, 3.05) is 26.3 Å². The summed E-state index contributed by atoms with van der Waals surface area (Å²) in [6.07, 6.45) is 0.838. The molecule has 6 nitrogen and oxygen atoms in total. The SMILES string of the molecule is CC(C)(C)OC(=O)N1CC(O)(C2(N)CCOCC2)C1. The zero-order chi connectivity index (χ0) is 14.3. The Kier molecular flexibility index (Phi) is 3.53. The van der Waals surface area contributed by atoms with Crippen molar-refractivity contribution in [3.8, 4) is 0 Å². The van der Waals surface area contributed by atoms with Crippen LogP contribution in [0.4, 0.5) is 4.79 Å². The van der Waals surface area contributed by atoms with Crippen molar-refractivity contribution in [3.63, 3.8) is 0 Å². The molecule has 3 N–H and O–H groups in total. The van der Waals surface area contributed by atoms with Crippen LogP contribution >= 0.6 is 0 Å². The summed E-state index contributed by atoms with van der Waals surface area (Å²) in [5.74, 6) is 0. The topological polar surface area (TPSA) is 85.0 Å². The second-order valence-electron chi connectivity index (χ2n) is 6.64. The molecule has 0 aromatic heterocycles. The molecule has 6 heteroatoms. The molecular weight excluding hydrogens is 248 g/mol. The van der Waals surface area contributed by atoms with Gasteiger partial charge in [0, 0.05) is 13.2 Å². The van der Waals surface area contributed by atoms with Gasteiger partial charge in [0.2, 0.25) is 0 Å². The van der Waals surface area contributed by atoms with E-state index in [1.807, 2.05) is 20.8 Å². The van der Waals surface area contributed by atoms with Gasteiger partial charge in [-0.2, -0.15) is 0 Å². The number of aliphatic hydroxyl groups is 1. The van der Waals surface area contributed by atoms with Crippen LogP contribution < -0.4 is 5.73 Å². The minimum absolute atomic E-state index is 0.235. The van der Waals surface area contributed by atoms with E-state index in [1.54, 1.807) is 0 Å². The molecule has 0 spiro atoms. The van der Waals surface area contributed by atoms with Crippen LogP contribution in [-0.4, -0.2) is 59.1 Å². The van der Waals surface area contributed by atoms with Crippen molar-refractivity contribution in [3.05, 3.63) is 0 Å². The van der Waals surface area contributed by atoms with Gasteiger partial charge < -0.3 is 25.2 Å². The Bertz CT molecular complexity index is 352. The zero-order valence-electron chi connectivity index (χ0n) is 11.9. The maximum atomic E-state index is 11.8. The first kappa shape index (κ1) is 14.6. The fourth-order valence-electron chi connectivity index (χ4n) is 2.56. The number of ether oxygens (including phenoxy) is 2. The van der Waals surface area contributed by atoms with Crippen molar-refractivity contribution in [2.45, 2.75) is 50.4 Å². The average Bonchev–Trinajstić information content (AvgIpc) is 2.23. The van der Waals surface area contributed by atoms with Crippen molar-refractivity contribution in [2.24, 2.45) is 5.73 Å². The van der Waals surface area contributed by atoms with Crippen LogP contribution in [-0.2, 0) is 9.47 Å². The van der Waals surface area contributed by atoms with E-state index in [4.69, 9.17) is 15.2 Å². The highest BCUT2D eigenvalue weighted by Crippen LogP contribution is 2.37. The van der Waals surface area contributed by atoms with Crippen molar-refractivity contribution in [1.82, 2.24) is 4.90 Å². The highest BCUT2D eigenvalue weighted by Gasteiger charge is 2.57. The molecule has 0 atom stereocenters. The van der Waals surface area contributed by atoms with Gasteiger partial charge in [-0.15, -0.1) is 0 Å². The molecule has 2 fully saturated rings. The first-order chi connectivity index (χ1) is 8.65. The minimum Gasteiger partial charge on any atom is -0.444 e. The van der Waals surface area contributed by atoms with Gasteiger partial charge in [0.25, 0.3) is 0 Å². The van der Waals surface area contributed by atoms with Crippen molar-refractivity contribution >= 4 is 6.09 Å². The molecule has 19 heavy (non-hydrogen) atoms. The van der Waals surface area contributed by atoms with Gasteiger partial charge in [-0.3, -0.25) is 0 Å². The van der Waals surface area contributed by atoms with Crippen LogP contribution in [0.3, 0.4) is 0 Å². The van der Waals surface area contributed by atoms with E-state index in [0.717, 1.165) is 0 Å². The third-order valence-electron chi connectivity index (χ3n) is 3.87. The monoisotopic (exact) mass is 272 g/mol. The smallest absolute Gasteiger partial charge is 0.410 e. The Labute approximate surface area is 113 Å². The molecule has 2 heterocycles. The van der Waals surface area contributed by atoms with Crippen LogP contribution in [0.5, 0.6) is 0 Å². The first-order valence-corrected chi connectivity index (χ1v) is 6.72. The van der Waals surface area contributed by atoms with Gasteiger partial charge in [0.05, 0.1) is 18.6 Å². The third-order valence-corrected chi connectivity index (χ3v) is 3.87. The predicted octanol–water partition coefficient (Wildman–Crippen LogP) is 0.476. The summed E-state index contributed by atoms with van der Waals surface area (Å²) in [6, 6.07) is 0. The molecular formula is C13H24N2O4. The van der Waals surface area contributed by atoms with E-state index < -0.39 is 22.8 Å². The van der Waals surface area contributed by atoms with E-state index in [-0.39, 0.29) is 13.1 Å². The number of carbonyl (C=O) groups is 1. The van der Waals surface area contributed by atoms with E-state index in [0.29, 0.717) is 26.1 Å². The van der Waals surface area contributed by atoms with Gasteiger partial charge in [0.15, 0.2) is 0 Å². The van der Waals surface area contributed by atoms with Gasteiger partial charge in [0.1, 0.15) is 11.2 Å². The first-order valence-electron chi connectivity index (χ1n) is 6.72. The molecule has 110 valence electrons. The summed E-state index contributed by atoms with van der Waals surface area (Å²) >= 11 is 0.